The molecule has 0 saturated carbocycles. The first-order valence-electron chi connectivity index (χ1n) is 9.00. The molecule has 0 atom stereocenters. The molecule has 3 aromatic heterocycles. The lowest BCUT2D eigenvalue weighted by molar-refractivity contribution is 0.416. The van der Waals surface area contributed by atoms with Gasteiger partial charge >= 0.3 is 0 Å². The summed E-state index contributed by atoms with van der Waals surface area (Å²) >= 11 is 0. The molecule has 0 amide bonds. The minimum Gasteiger partial charge on any atom is -0.496 e. The van der Waals surface area contributed by atoms with Crippen LogP contribution in [0, 0.1) is 13.8 Å². The van der Waals surface area contributed by atoms with Gasteiger partial charge in [0.05, 0.1) is 24.5 Å². The fraction of sp³-hybridized carbons (Fsp3) is 0.190. The van der Waals surface area contributed by atoms with Gasteiger partial charge in [-0.1, -0.05) is 0 Å². The number of aromatic nitrogens is 4. The first-order chi connectivity index (χ1) is 13.6. The zero-order chi connectivity index (χ0) is 19.7. The average molecular weight is 374 g/mol. The van der Waals surface area contributed by atoms with Gasteiger partial charge in [-0.25, -0.2) is 4.98 Å². The lowest BCUT2D eigenvalue weighted by atomic mass is 10.1. The summed E-state index contributed by atoms with van der Waals surface area (Å²) in [6.07, 6.45) is 3.64. The highest BCUT2D eigenvalue weighted by Crippen LogP contribution is 2.37. The van der Waals surface area contributed by atoms with E-state index in [9.17, 15) is 0 Å². The van der Waals surface area contributed by atoms with Crippen molar-refractivity contribution in [3.63, 3.8) is 0 Å². The Kier molecular flexibility index (Phi) is 4.57. The number of ether oxygens (including phenoxy) is 1. The van der Waals surface area contributed by atoms with E-state index in [2.05, 4.69) is 37.5 Å². The Bertz CT molecular complexity index is 1150. The van der Waals surface area contributed by atoms with E-state index in [4.69, 9.17) is 4.74 Å². The summed E-state index contributed by atoms with van der Waals surface area (Å²) in [5.41, 5.74) is 5.87. The number of fused-ring (bicyclic) bond motifs is 1. The number of hydrogen-bond donors (Lipinski definition) is 3. The number of aromatic amines is 1. The Balaban J connectivity index is 1.78. The van der Waals surface area contributed by atoms with E-state index < -0.39 is 0 Å². The van der Waals surface area contributed by atoms with Crippen LogP contribution in [-0.2, 0) is 0 Å². The fourth-order valence-corrected chi connectivity index (χ4v) is 3.32. The normalized spacial score (nSPS) is 10.9. The minimum atomic E-state index is 0.540. The number of methoxy groups -OCH3 is 1. The lowest BCUT2D eigenvalue weighted by Gasteiger charge is -2.12. The van der Waals surface area contributed by atoms with Gasteiger partial charge in [0.1, 0.15) is 11.6 Å². The Hall–Kier alpha value is -3.61. The number of anilines is 3. The highest BCUT2D eigenvalue weighted by Gasteiger charge is 2.15. The van der Waals surface area contributed by atoms with Crippen molar-refractivity contribution in [2.24, 2.45) is 0 Å². The molecule has 4 aromatic rings. The van der Waals surface area contributed by atoms with Crippen LogP contribution in [0.4, 0.5) is 17.5 Å². The van der Waals surface area contributed by atoms with Crippen molar-refractivity contribution < 1.29 is 4.74 Å². The van der Waals surface area contributed by atoms with E-state index in [-0.39, 0.29) is 0 Å². The van der Waals surface area contributed by atoms with Gasteiger partial charge in [0.25, 0.3) is 0 Å². The van der Waals surface area contributed by atoms with E-state index in [1.165, 1.54) is 0 Å². The molecule has 1 aromatic carbocycles. The van der Waals surface area contributed by atoms with Crippen LogP contribution in [-0.4, -0.2) is 34.1 Å². The summed E-state index contributed by atoms with van der Waals surface area (Å²) in [6, 6.07) is 9.84. The van der Waals surface area contributed by atoms with Crippen LogP contribution in [0.5, 0.6) is 5.75 Å². The quantitative estimate of drug-likeness (QED) is 0.479. The third-order valence-electron chi connectivity index (χ3n) is 4.70. The van der Waals surface area contributed by atoms with E-state index in [1.54, 1.807) is 13.3 Å². The van der Waals surface area contributed by atoms with Gasteiger partial charge in [0.15, 0.2) is 0 Å². The van der Waals surface area contributed by atoms with Crippen molar-refractivity contribution in [2.45, 2.75) is 13.8 Å². The van der Waals surface area contributed by atoms with E-state index >= 15 is 0 Å². The summed E-state index contributed by atoms with van der Waals surface area (Å²) in [6.45, 7) is 4.03. The summed E-state index contributed by atoms with van der Waals surface area (Å²) in [5, 5.41) is 7.48. The Morgan fingerprint density at radius 1 is 1.07 bits per heavy atom. The number of rotatable bonds is 5. The summed E-state index contributed by atoms with van der Waals surface area (Å²) in [7, 11) is 3.51. The molecule has 3 N–H and O–H groups in total. The molecule has 3 heterocycles. The van der Waals surface area contributed by atoms with Crippen molar-refractivity contribution in [3.05, 3.63) is 54.0 Å². The highest BCUT2D eigenvalue weighted by atomic mass is 16.5. The fourth-order valence-electron chi connectivity index (χ4n) is 3.32. The van der Waals surface area contributed by atoms with Crippen LogP contribution in [0.25, 0.3) is 22.2 Å². The van der Waals surface area contributed by atoms with Crippen LogP contribution < -0.4 is 15.4 Å². The number of pyridine rings is 1. The zero-order valence-electron chi connectivity index (χ0n) is 16.3. The number of nitrogens with one attached hydrogen (secondary N) is 3. The second-order valence-corrected chi connectivity index (χ2v) is 6.55. The minimum absolute atomic E-state index is 0.540. The number of aryl methyl sites for hydroxylation is 2. The molecule has 4 rings (SSSR count). The van der Waals surface area contributed by atoms with Crippen molar-refractivity contribution >= 4 is 28.4 Å². The Morgan fingerprint density at radius 3 is 2.68 bits per heavy atom. The van der Waals surface area contributed by atoms with Gasteiger partial charge in [-0.15, -0.1) is 0 Å². The highest BCUT2D eigenvalue weighted by molar-refractivity contribution is 5.91. The summed E-state index contributed by atoms with van der Waals surface area (Å²) < 4.78 is 5.61. The van der Waals surface area contributed by atoms with Crippen LogP contribution in [0.15, 0.2) is 42.7 Å². The summed E-state index contributed by atoms with van der Waals surface area (Å²) in [5.74, 6) is 2.09. The predicted molar refractivity (Wildman–Crippen MR) is 112 cm³/mol. The first-order valence-corrected chi connectivity index (χ1v) is 9.00. The monoisotopic (exact) mass is 374 g/mol. The Morgan fingerprint density at radius 2 is 1.93 bits per heavy atom. The summed E-state index contributed by atoms with van der Waals surface area (Å²) in [4.78, 5) is 16.6. The number of H-pyrrole nitrogens is 1. The number of nitrogens with zero attached hydrogens (tertiary/aromatic N) is 3. The second-order valence-electron chi connectivity index (χ2n) is 6.55. The first kappa shape index (κ1) is 17.8. The molecular weight excluding hydrogens is 352 g/mol. The molecule has 0 unspecified atom stereocenters. The topological polar surface area (TPSA) is 87.8 Å². The van der Waals surface area contributed by atoms with Gasteiger partial charge in [-0.3, -0.25) is 4.98 Å². The SMILES string of the molecule is CNc1cc(C)nc(Nc2ccc(OC)c(-c3[nH]c4cnccc4c3C)c2)n1. The van der Waals surface area contributed by atoms with Crippen molar-refractivity contribution in [3.8, 4) is 17.0 Å². The zero-order valence-corrected chi connectivity index (χ0v) is 16.3. The molecule has 0 bridgehead atoms. The van der Waals surface area contributed by atoms with Crippen LogP contribution in [0.1, 0.15) is 11.3 Å². The second kappa shape index (κ2) is 7.19. The maximum absolute atomic E-state index is 5.61. The molecule has 0 aliphatic carbocycles. The largest absolute Gasteiger partial charge is 0.496 e. The standard InChI is InChI=1S/C21H22N6O/c1-12-9-19(22-3)27-21(24-12)25-14-5-6-18(28-4)16(10-14)20-13(2)15-7-8-23-11-17(15)26-20/h5-11,26H,1-4H3,(H2,22,24,25,27). The molecule has 0 aliphatic heterocycles. The third kappa shape index (κ3) is 3.22. The number of benzene rings is 1. The smallest absolute Gasteiger partial charge is 0.229 e. The maximum atomic E-state index is 5.61. The third-order valence-corrected chi connectivity index (χ3v) is 4.70. The van der Waals surface area contributed by atoms with Gasteiger partial charge in [0, 0.05) is 41.6 Å². The number of hydrogen-bond acceptors (Lipinski definition) is 6. The lowest BCUT2D eigenvalue weighted by Crippen LogP contribution is -2.02. The van der Waals surface area contributed by atoms with Crippen LogP contribution in [0.3, 0.4) is 0 Å². The molecular formula is C21H22N6O. The molecule has 28 heavy (non-hydrogen) atoms. The van der Waals surface area contributed by atoms with Gasteiger partial charge in [-0.2, -0.15) is 4.98 Å². The molecule has 142 valence electrons. The molecule has 0 saturated heterocycles. The van der Waals surface area contributed by atoms with E-state index in [1.807, 2.05) is 50.5 Å². The predicted octanol–water partition coefficient (Wildman–Crippen LogP) is 4.43. The molecule has 0 fully saturated rings. The maximum Gasteiger partial charge on any atom is 0.229 e. The average Bonchev–Trinajstić information content (AvgIpc) is 3.04. The van der Waals surface area contributed by atoms with Crippen LogP contribution >= 0.6 is 0 Å². The van der Waals surface area contributed by atoms with Crippen molar-refractivity contribution in [1.29, 1.82) is 0 Å². The Labute approximate surface area is 163 Å². The van der Waals surface area contributed by atoms with Crippen molar-refractivity contribution in [1.82, 2.24) is 19.9 Å². The van der Waals surface area contributed by atoms with Crippen LogP contribution in [0.2, 0.25) is 0 Å². The van der Waals surface area contributed by atoms with Crippen molar-refractivity contribution in [2.75, 3.05) is 24.8 Å². The van der Waals surface area contributed by atoms with Gasteiger partial charge in [-0.05, 0) is 43.7 Å². The van der Waals surface area contributed by atoms with Gasteiger partial charge < -0.3 is 20.4 Å². The molecule has 7 heteroatoms. The molecule has 0 spiro atoms. The van der Waals surface area contributed by atoms with E-state index in [0.29, 0.717) is 5.95 Å². The molecule has 0 radical (unpaired) electrons. The molecule has 7 nitrogen and oxygen atoms in total. The van der Waals surface area contributed by atoms with Gasteiger partial charge in [0.2, 0.25) is 5.95 Å². The molecule has 0 aliphatic rings. The van der Waals surface area contributed by atoms with E-state index in [0.717, 1.165) is 50.7 Å².